The lowest BCUT2D eigenvalue weighted by atomic mass is 10.1. The molecule has 0 aliphatic heterocycles. The zero-order valence-electron chi connectivity index (χ0n) is 11.9. The van der Waals surface area contributed by atoms with Crippen LogP contribution in [0.3, 0.4) is 0 Å². The van der Waals surface area contributed by atoms with E-state index in [1.54, 1.807) is 11.3 Å². The zero-order chi connectivity index (χ0) is 14.6. The van der Waals surface area contributed by atoms with Crippen molar-refractivity contribution in [1.29, 1.82) is 0 Å². The minimum absolute atomic E-state index is 0.0806. The summed E-state index contributed by atoms with van der Waals surface area (Å²) >= 11 is 5.12. The molecule has 0 atom stereocenters. The van der Waals surface area contributed by atoms with Gasteiger partial charge in [-0.1, -0.05) is 15.9 Å². The molecule has 0 amide bonds. The smallest absolute Gasteiger partial charge is 0.124 e. The molecule has 5 heteroatoms. The van der Waals surface area contributed by atoms with Crippen molar-refractivity contribution in [1.82, 2.24) is 10.3 Å². The molecule has 108 valence electrons. The Kier molecular flexibility index (Phi) is 5.18. The number of hydrogen-bond acceptors (Lipinski definition) is 4. The van der Waals surface area contributed by atoms with Crippen molar-refractivity contribution in [2.75, 3.05) is 0 Å². The van der Waals surface area contributed by atoms with Gasteiger partial charge < -0.3 is 10.1 Å². The fourth-order valence-electron chi connectivity index (χ4n) is 1.65. The quantitative estimate of drug-likeness (QED) is 0.865. The van der Waals surface area contributed by atoms with Crippen LogP contribution < -0.4 is 10.1 Å². The Hall–Kier alpha value is -0.910. The van der Waals surface area contributed by atoms with Crippen LogP contribution in [-0.2, 0) is 13.2 Å². The van der Waals surface area contributed by atoms with Crippen molar-refractivity contribution < 1.29 is 4.74 Å². The fraction of sp³-hybridized carbons (Fsp3) is 0.400. The summed E-state index contributed by atoms with van der Waals surface area (Å²) in [5, 5.41) is 3.49. The third-order valence-electron chi connectivity index (χ3n) is 2.69. The Balaban J connectivity index is 2.07. The highest BCUT2D eigenvalue weighted by molar-refractivity contribution is 9.10. The molecule has 2 aromatic rings. The van der Waals surface area contributed by atoms with Gasteiger partial charge in [0, 0.05) is 28.3 Å². The number of hydrogen-bond donors (Lipinski definition) is 1. The van der Waals surface area contributed by atoms with Crippen LogP contribution >= 0.6 is 27.3 Å². The number of nitrogens with one attached hydrogen (secondary N) is 1. The standard InChI is InChI=1S/C15H19BrN2OS/c1-15(2,3)18-7-11-6-12(16)4-5-14(11)19-9-13-8-17-10-20-13/h4-6,8,10,18H,7,9H2,1-3H3. The molecule has 0 aliphatic rings. The third-order valence-corrected chi connectivity index (χ3v) is 3.93. The second-order valence-corrected chi connectivity index (χ2v) is 7.50. The average molecular weight is 355 g/mol. The molecular weight excluding hydrogens is 336 g/mol. The van der Waals surface area contributed by atoms with Crippen LogP contribution in [0.2, 0.25) is 0 Å². The van der Waals surface area contributed by atoms with Crippen molar-refractivity contribution in [2.45, 2.75) is 39.5 Å². The summed E-state index contributed by atoms with van der Waals surface area (Å²) < 4.78 is 6.97. The normalized spacial score (nSPS) is 11.6. The predicted octanol–water partition coefficient (Wildman–Crippen LogP) is 4.37. The second kappa shape index (κ2) is 6.70. The van der Waals surface area contributed by atoms with E-state index in [4.69, 9.17) is 4.74 Å². The monoisotopic (exact) mass is 354 g/mol. The highest BCUT2D eigenvalue weighted by atomic mass is 79.9. The Labute approximate surface area is 132 Å². The molecule has 1 N–H and O–H groups in total. The van der Waals surface area contributed by atoms with E-state index in [1.807, 2.05) is 23.8 Å². The van der Waals surface area contributed by atoms with Crippen molar-refractivity contribution in [3.63, 3.8) is 0 Å². The molecule has 0 radical (unpaired) electrons. The van der Waals surface area contributed by atoms with Gasteiger partial charge in [0.1, 0.15) is 12.4 Å². The van der Waals surface area contributed by atoms with E-state index >= 15 is 0 Å². The maximum absolute atomic E-state index is 5.91. The summed E-state index contributed by atoms with van der Waals surface area (Å²) in [6.45, 7) is 7.81. The summed E-state index contributed by atoms with van der Waals surface area (Å²) in [6, 6.07) is 6.11. The minimum atomic E-state index is 0.0806. The topological polar surface area (TPSA) is 34.1 Å². The molecule has 2 rings (SSSR count). The number of nitrogens with zero attached hydrogens (tertiary/aromatic N) is 1. The number of halogens is 1. The largest absolute Gasteiger partial charge is 0.488 e. The Bertz CT molecular complexity index is 549. The van der Waals surface area contributed by atoms with Gasteiger partial charge in [0.25, 0.3) is 0 Å². The van der Waals surface area contributed by atoms with E-state index in [0.29, 0.717) is 6.61 Å². The Morgan fingerprint density at radius 2 is 2.15 bits per heavy atom. The van der Waals surface area contributed by atoms with Crippen molar-refractivity contribution in [3.05, 3.63) is 44.8 Å². The molecule has 0 saturated heterocycles. The second-order valence-electron chi connectivity index (χ2n) is 5.61. The molecule has 0 fully saturated rings. The lowest BCUT2D eigenvalue weighted by Gasteiger charge is -2.21. The van der Waals surface area contributed by atoms with E-state index in [-0.39, 0.29) is 5.54 Å². The summed E-state index contributed by atoms with van der Waals surface area (Å²) in [5.74, 6) is 0.915. The number of rotatable bonds is 5. The molecule has 0 saturated carbocycles. The number of aromatic nitrogens is 1. The van der Waals surface area contributed by atoms with Gasteiger partial charge in [0.15, 0.2) is 0 Å². The van der Waals surface area contributed by atoms with Crippen LogP contribution in [0.5, 0.6) is 5.75 Å². The molecule has 3 nitrogen and oxygen atoms in total. The van der Waals surface area contributed by atoms with Crippen LogP contribution in [0, 0.1) is 0 Å². The summed E-state index contributed by atoms with van der Waals surface area (Å²) in [7, 11) is 0. The van der Waals surface area contributed by atoms with Crippen LogP contribution in [0.4, 0.5) is 0 Å². The lowest BCUT2D eigenvalue weighted by molar-refractivity contribution is 0.303. The van der Waals surface area contributed by atoms with Gasteiger partial charge in [-0.25, -0.2) is 0 Å². The fourth-order valence-corrected chi connectivity index (χ4v) is 2.56. The molecular formula is C15H19BrN2OS. The van der Waals surface area contributed by atoms with Gasteiger partial charge in [-0.2, -0.15) is 0 Å². The zero-order valence-corrected chi connectivity index (χ0v) is 14.3. The van der Waals surface area contributed by atoms with Crippen LogP contribution in [0.25, 0.3) is 0 Å². The number of thiazole rings is 1. The summed E-state index contributed by atoms with van der Waals surface area (Å²) in [6.07, 6.45) is 1.84. The van der Waals surface area contributed by atoms with Gasteiger partial charge in [0.2, 0.25) is 0 Å². The van der Waals surface area contributed by atoms with E-state index in [2.05, 4.69) is 53.1 Å². The summed E-state index contributed by atoms with van der Waals surface area (Å²) in [4.78, 5) is 5.19. The highest BCUT2D eigenvalue weighted by Gasteiger charge is 2.11. The van der Waals surface area contributed by atoms with Crippen molar-refractivity contribution in [2.24, 2.45) is 0 Å². The Morgan fingerprint density at radius 3 is 2.80 bits per heavy atom. The number of benzene rings is 1. The molecule has 20 heavy (non-hydrogen) atoms. The molecule has 0 aliphatic carbocycles. The van der Waals surface area contributed by atoms with Gasteiger partial charge in [-0.15, -0.1) is 11.3 Å². The molecule has 0 spiro atoms. The van der Waals surface area contributed by atoms with Gasteiger partial charge in [-0.3, -0.25) is 4.98 Å². The molecule has 1 aromatic heterocycles. The van der Waals surface area contributed by atoms with Crippen LogP contribution in [0.1, 0.15) is 31.2 Å². The maximum atomic E-state index is 5.91. The van der Waals surface area contributed by atoms with E-state index in [9.17, 15) is 0 Å². The molecule has 1 heterocycles. The first-order chi connectivity index (χ1) is 9.44. The first kappa shape index (κ1) is 15.5. The van der Waals surface area contributed by atoms with Crippen LogP contribution in [0.15, 0.2) is 34.4 Å². The van der Waals surface area contributed by atoms with Crippen molar-refractivity contribution in [3.8, 4) is 5.75 Å². The minimum Gasteiger partial charge on any atom is -0.488 e. The Morgan fingerprint density at radius 1 is 1.35 bits per heavy atom. The van der Waals surface area contributed by atoms with E-state index in [1.165, 1.54) is 0 Å². The molecule has 1 aromatic carbocycles. The highest BCUT2D eigenvalue weighted by Crippen LogP contribution is 2.25. The third kappa shape index (κ3) is 4.89. The summed E-state index contributed by atoms with van der Waals surface area (Å²) in [5.41, 5.74) is 3.05. The van der Waals surface area contributed by atoms with E-state index in [0.717, 1.165) is 27.2 Å². The SMILES string of the molecule is CC(C)(C)NCc1cc(Br)ccc1OCc1cncs1. The molecule has 0 bridgehead atoms. The van der Waals surface area contributed by atoms with E-state index < -0.39 is 0 Å². The first-order valence-corrected chi connectivity index (χ1v) is 8.15. The van der Waals surface area contributed by atoms with Crippen molar-refractivity contribution >= 4 is 27.3 Å². The lowest BCUT2D eigenvalue weighted by Crippen LogP contribution is -2.35. The van der Waals surface area contributed by atoms with Crippen LogP contribution in [-0.4, -0.2) is 10.5 Å². The molecule has 0 unspecified atom stereocenters. The number of ether oxygens (including phenoxy) is 1. The van der Waals surface area contributed by atoms with Gasteiger partial charge in [-0.05, 0) is 39.0 Å². The first-order valence-electron chi connectivity index (χ1n) is 6.48. The predicted molar refractivity (Wildman–Crippen MR) is 87.2 cm³/mol. The maximum Gasteiger partial charge on any atom is 0.124 e. The van der Waals surface area contributed by atoms with Gasteiger partial charge in [0.05, 0.1) is 10.4 Å². The average Bonchev–Trinajstić information content (AvgIpc) is 2.87. The van der Waals surface area contributed by atoms with Gasteiger partial charge >= 0.3 is 0 Å².